The van der Waals surface area contributed by atoms with Gasteiger partial charge in [0, 0.05) is 19.6 Å². The van der Waals surface area contributed by atoms with Crippen molar-refractivity contribution in [3.05, 3.63) is 35.4 Å². The van der Waals surface area contributed by atoms with Crippen molar-refractivity contribution in [2.24, 2.45) is 5.92 Å². The van der Waals surface area contributed by atoms with Crippen LogP contribution in [-0.2, 0) is 4.74 Å². The molecule has 0 aromatic heterocycles. The topological polar surface area (TPSA) is 41.6 Å². The van der Waals surface area contributed by atoms with E-state index in [0.29, 0.717) is 11.8 Å². The van der Waals surface area contributed by atoms with Crippen LogP contribution < -0.4 is 5.32 Å². The van der Waals surface area contributed by atoms with Gasteiger partial charge in [0.2, 0.25) is 0 Å². The molecule has 1 fully saturated rings. The van der Waals surface area contributed by atoms with Crippen molar-refractivity contribution in [1.82, 2.24) is 10.2 Å². The molecule has 24 heavy (non-hydrogen) atoms. The lowest BCUT2D eigenvalue weighted by atomic mass is 9.79. The van der Waals surface area contributed by atoms with Crippen molar-refractivity contribution < 1.29 is 9.53 Å². The predicted molar refractivity (Wildman–Crippen MR) is 98.4 cm³/mol. The minimum absolute atomic E-state index is 0.179. The molecule has 2 rings (SSSR count). The summed E-state index contributed by atoms with van der Waals surface area (Å²) in [6, 6.07) is 8.81. The number of piperidine rings is 1. The van der Waals surface area contributed by atoms with E-state index in [0.717, 1.165) is 32.5 Å². The van der Waals surface area contributed by atoms with Gasteiger partial charge in [0.25, 0.3) is 0 Å². The highest BCUT2D eigenvalue weighted by molar-refractivity contribution is 5.68. The Morgan fingerprint density at radius 3 is 2.54 bits per heavy atom. The Morgan fingerprint density at radius 2 is 2.00 bits per heavy atom. The van der Waals surface area contributed by atoms with Gasteiger partial charge in [0.05, 0.1) is 0 Å². The van der Waals surface area contributed by atoms with Crippen molar-refractivity contribution >= 4 is 6.09 Å². The molecule has 1 aromatic carbocycles. The van der Waals surface area contributed by atoms with Crippen LogP contribution in [-0.4, -0.2) is 43.3 Å². The molecular formula is C20H32N2O2. The predicted octanol–water partition coefficient (Wildman–Crippen LogP) is 3.95. The van der Waals surface area contributed by atoms with Crippen molar-refractivity contribution in [2.75, 3.05) is 26.7 Å². The quantitative estimate of drug-likeness (QED) is 0.908. The number of ether oxygens (including phenoxy) is 1. The number of hydrogen-bond acceptors (Lipinski definition) is 3. The number of hydrogen-bond donors (Lipinski definition) is 1. The fraction of sp³-hybridized carbons (Fsp3) is 0.650. The highest BCUT2D eigenvalue weighted by atomic mass is 16.6. The Bertz CT molecular complexity index is 543. The third-order valence-corrected chi connectivity index (χ3v) is 4.65. The second-order valence-corrected chi connectivity index (χ2v) is 7.88. The van der Waals surface area contributed by atoms with Crippen LogP contribution in [0.25, 0.3) is 0 Å². The smallest absolute Gasteiger partial charge is 0.410 e. The summed E-state index contributed by atoms with van der Waals surface area (Å²) in [5.41, 5.74) is 2.28. The molecule has 0 radical (unpaired) electrons. The van der Waals surface area contributed by atoms with Crippen molar-refractivity contribution in [3.63, 3.8) is 0 Å². The van der Waals surface area contributed by atoms with Gasteiger partial charge >= 0.3 is 6.09 Å². The van der Waals surface area contributed by atoms with Crippen LogP contribution in [0.1, 0.15) is 50.7 Å². The van der Waals surface area contributed by atoms with E-state index in [1.165, 1.54) is 11.1 Å². The lowest BCUT2D eigenvalue weighted by molar-refractivity contribution is 0.0174. The summed E-state index contributed by atoms with van der Waals surface area (Å²) in [6.45, 7) is 10.4. The number of aryl methyl sites for hydroxylation is 1. The minimum Gasteiger partial charge on any atom is -0.444 e. The molecule has 0 bridgehead atoms. The first-order chi connectivity index (χ1) is 11.3. The van der Waals surface area contributed by atoms with Gasteiger partial charge in [0.15, 0.2) is 0 Å². The van der Waals surface area contributed by atoms with Crippen LogP contribution in [0, 0.1) is 12.8 Å². The number of carbonyl (C=O) groups excluding carboxylic acids is 1. The van der Waals surface area contributed by atoms with Crippen molar-refractivity contribution in [1.29, 1.82) is 0 Å². The van der Waals surface area contributed by atoms with E-state index in [-0.39, 0.29) is 6.09 Å². The van der Waals surface area contributed by atoms with E-state index in [9.17, 15) is 4.79 Å². The summed E-state index contributed by atoms with van der Waals surface area (Å²) in [5, 5.41) is 3.34. The molecule has 1 aliphatic rings. The molecule has 1 amide bonds. The summed E-state index contributed by atoms with van der Waals surface area (Å²) in [6.07, 6.45) is 1.88. The van der Waals surface area contributed by atoms with Gasteiger partial charge in [-0.15, -0.1) is 0 Å². The number of likely N-dealkylation sites (tertiary alicyclic amines) is 1. The molecule has 4 nitrogen and oxygen atoms in total. The molecule has 4 heteroatoms. The number of likely N-dealkylation sites (N-methyl/N-ethyl adjacent to an activating group) is 1. The summed E-state index contributed by atoms with van der Waals surface area (Å²) < 4.78 is 5.50. The maximum absolute atomic E-state index is 12.2. The number of nitrogens with zero attached hydrogens (tertiary/aromatic N) is 1. The number of carbonyl (C=O) groups is 1. The first-order valence-corrected chi connectivity index (χ1v) is 8.99. The molecule has 1 saturated heterocycles. The van der Waals surface area contributed by atoms with Gasteiger partial charge in [-0.3, -0.25) is 0 Å². The second-order valence-electron chi connectivity index (χ2n) is 7.88. The van der Waals surface area contributed by atoms with Gasteiger partial charge in [-0.05, 0) is 65.0 Å². The zero-order valence-electron chi connectivity index (χ0n) is 15.8. The Labute approximate surface area is 146 Å². The molecule has 1 aromatic rings. The van der Waals surface area contributed by atoms with Crippen molar-refractivity contribution in [2.45, 2.75) is 52.1 Å². The van der Waals surface area contributed by atoms with Crippen LogP contribution in [0.15, 0.2) is 24.3 Å². The fourth-order valence-electron chi connectivity index (χ4n) is 3.49. The van der Waals surface area contributed by atoms with E-state index in [2.05, 4.69) is 36.5 Å². The largest absolute Gasteiger partial charge is 0.444 e. The molecule has 1 N–H and O–H groups in total. The van der Waals surface area contributed by atoms with Gasteiger partial charge in [-0.1, -0.05) is 29.8 Å². The fourth-order valence-corrected chi connectivity index (χ4v) is 3.49. The summed E-state index contributed by atoms with van der Waals surface area (Å²) in [7, 11) is 2.01. The molecular weight excluding hydrogens is 300 g/mol. The maximum Gasteiger partial charge on any atom is 0.410 e. The third kappa shape index (κ3) is 5.23. The molecule has 0 aliphatic carbocycles. The SMILES string of the molecule is CNCC(c1cccc(C)c1)C1CCN(C(=O)OC(C)(C)C)CC1. The normalized spacial score (nSPS) is 17.6. The highest BCUT2D eigenvalue weighted by Crippen LogP contribution is 2.33. The van der Waals surface area contributed by atoms with E-state index in [1.54, 1.807) is 0 Å². The zero-order chi connectivity index (χ0) is 17.7. The third-order valence-electron chi connectivity index (χ3n) is 4.65. The van der Waals surface area contributed by atoms with Crippen molar-refractivity contribution in [3.8, 4) is 0 Å². The van der Waals surface area contributed by atoms with Gasteiger partial charge < -0.3 is 15.0 Å². The average Bonchev–Trinajstić information content (AvgIpc) is 2.51. The molecule has 134 valence electrons. The Morgan fingerprint density at radius 1 is 1.33 bits per heavy atom. The molecule has 1 aliphatic heterocycles. The maximum atomic E-state index is 12.2. The van der Waals surface area contributed by atoms with Gasteiger partial charge in [-0.2, -0.15) is 0 Å². The number of benzene rings is 1. The van der Waals surface area contributed by atoms with Gasteiger partial charge in [0.1, 0.15) is 5.60 Å². The van der Waals surface area contributed by atoms with E-state index >= 15 is 0 Å². The first-order valence-electron chi connectivity index (χ1n) is 8.99. The van der Waals surface area contributed by atoms with E-state index in [4.69, 9.17) is 4.74 Å². The van der Waals surface area contributed by atoms with Crippen LogP contribution in [0.5, 0.6) is 0 Å². The Hall–Kier alpha value is -1.55. The molecule has 1 unspecified atom stereocenters. The minimum atomic E-state index is -0.426. The number of rotatable bonds is 4. The standard InChI is InChI=1S/C20H32N2O2/c1-15-7-6-8-17(13-15)18(14-21-5)16-9-11-22(12-10-16)19(23)24-20(2,3)4/h6-8,13,16,18,21H,9-12,14H2,1-5H3. The Kier molecular flexibility index (Phi) is 6.27. The molecule has 1 heterocycles. The van der Waals surface area contributed by atoms with Gasteiger partial charge in [-0.25, -0.2) is 4.79 Å². The van der Waals surface area contributed by atoms with Crippen LogP contribution >= 0.6 is 0 Å². The summed E-state index contributed by atoms with van der Waals surface area (Å²) in [5.74, 6) is 1.09. The summed E-state index contributed by atoms with van der Waals surface area (Å²) >= 11 is 0. The summed E-state index contributed by atoms with van der Waals surface area (Å²) in [4.78, 5) is 14.1. The molecule has 0 saturated carbocycles. The lowest BCUT2D eigenvalue weighted by Gasteiger charge is -2.37. The number of nitrogens with one attached hydrogen (secondary N) is 1. The number of amides is 1. The van der Waals surface area contributed by atoms with Crippen LogP contribution in [0.2, 0.25) is 0 Å². The highest BCUT2D eigenvalue weighted by Gasteiger charge is 2.31. The molecule has 0 spiro atoms. The van der Waals surface area contributed by atoms with Crippen LogP contribution in [0.3, 0.4) is 0 Å². The molecule has 1 atom stereocenters. The van der Waals surface area contributed by atoms with Crippen LogP contribution in [0.4, 0.5) is 4.79 Å². The lowest BCUT2D eigenvalue weighted by Crippen LogP contribution is -2.43. The Balaban J connectivity index is 1.99. The average molecular weight is 332 g/mol. The first kappa shape index (κ1) is 18.8. The van der Waals surface area contributed by atoms with E-state index < -0.39 is 5.60 Å². The van der Waals surface area contributed by atoms with E-state index in [1.807, 2.05) is 32.7 Å². The second kappa shape index (κ2) is 8.02. The zero-order valence-corrected chi connectivity index (χ0v) is 15.8. The monoisotopic (exact) mass is 332 g/mol.